The number of nitrogens with one attached hydrogen (secondary N) is 2. The van der Waals surface area contributed by atoms with Crippen molar-refractivity contribution in [3.63, 3.8) is 0 Å². The highest BCUT2D eigenvalue weighted by Crippen LogP contribution is 2.31. The van der Waals surface area contributed by atoms with Crippen LogP contribution in [0.25, 0.3) is 0 Å². The van der Waals surface area contributed by atoms with E-state index in [1.807, 2.05) is 36.4 Å². The van der Waals surface area contributed by atoms with Gasteiger partial charge in [-0.05, 0) is 65.8 Å². The molecule has 0 aliphatic carbocycles. The molecule has 9 nitrogen and oxygen atoms in total. The van der Waals surface area contributed by atoms with Crippen LogP contribution in [0.15, 0.2) is 112 Å². The molecule has 12 heteroatoms. The Balaban J connectivity index is 1.19. The number of carbonyl (C=O) groups is 1. The summed E-state index contributed by atoms with van der Waals surface area (Å²) in [6.07, 6.45) is 0. The van der Waals surface area contributed by atoms with Crippen LogP contribution in [0, 0.1) is 0 Å². The summed E-state index contributed by atoms with van der Waals surface area (Å²) in [6.45, 7) is 2.61. The van der Waals surface area contributed by atoms with E-state index in [1.54, 1.807) is 49.6 Å². The summed E-state index contributed by atoms with van der Waals surface area (Å²) in [6, 6.07) is 32.1. The van der Waals surface area contributed by atoms with Crippen molar-refractivity contribution in [2.45, 2.75) is 10.9 Å². The maximum atomic E-state index is 13.6. The third kappa shape index (κ3) is 8.38. The van der Waals surface area contributed by atoms with E-state index >= 15 is 0 Å². The number of benzene rings is 4. The number of sulfonamides is 1. The monoisotopic (exact) mass is 722 g/mol. The van der Waals surface area contributed by atoms with E-state index in [1.165, 1.54) is 15.4 Å². The second kappa shape index (κ2) is 15.8. The van der Waals surface area contributed by atoms with Crippen LogP contribution in [-0.2, 0) is 14.8 Å². The van der Waals surface area contributed by atoms with E-state index in [0.717, 1.165) is 0 Å². The summed E-state index contributed by atoms with van der Waals surface area (Å²) in [7, 11) is -2.14. The quantitative estimate of drug-likeness (QED) is 0.150. The van der Waals surface area contributed by atoms with Crippen LogP contribution in [0.5, 0.6) is 5.75 Å². The van der Waals surface area contributed by atoms with Gasteiger partial charge in [-0.15, -0.1) is 0 Å². The summed E-state index contributed by atoms with van der Waals surface area (Å²) in [4.78, 5) is 15.5. The Morgan fingerprint density at radius 1 is 0.870 bits per heavy atom. The normalized spacial score (nSPS) is 14.2. The molecular weight excluding hydrogens is 688 g/mol. The minimum atomic E-state index is -3.71. The van der Waals surface area contributed by atoms with E-state index in [4.69, 9.17) is 21.7 Å². The maximum Gasteiger partial charge on any atom is 0.261 e. The molecule has 1 aliphatic rings. The van der Waals surface area contributed by atoms with Crippen molar-refractivity contribution >= 4 is 54.9 Å². The second-order valence-corrected chi connectivity index (χ2v) is 13.8. The van der Waals surface area contributed by atoms with Crippen LogP contribution >= 0.6 is 28.1 Å². The lowest BCUT2D eigenvalue weighted by molar-refractivity contribution is 0.0969. The Hall–Kier alpha value is -3.65. The predicted octanol–water partition coefficient (Wildman–Crippen LogP) is 5.70. The Kier molecular flexibility index (Phi) is 11.6. The van der Waals surface area contributed by atoms with Gasteiger partial charge in [0.1, 0.15) is 12.4 Å². The number of rotatable bonds is 11. The molecule has 0 unspecified atom stereocenters. The third-order valence-electron chi connectivity index (χ3n) is 7.58. The van der Waals surface area contributed by atoms with Crippen LogP contribution in [0.2, 0.25) is 0 Å². The van der Waals surface area contributed by atoms with Crippen molar-refractivity contribution in [2.75, 3.05) is 51.8 Å². The zero-order valence-electron chi connectivity index (χ0n) is 25.3. The summed E-state index contributed by atoms with van der Waals surface area (Å²) in [5, 5.41) is 5.66. The van der Waals surface area contributed by atoms with Gasteiger partial charge in [-0.25, -0.2) is 8.42 Å². The molecule has 0 spiro atoms. The van der Waals surface area contributed by atoms with Gasteiger partial charge in [-0.1, -0.05) is 76.6 Å². The van der Waals surface area contributed by atoms with Gasteiger partial charge in [0.2, 0.25) is 10.0 Å². The van der Waals surface area contributed by atoms with E-state index in [-0.39, 0.29) is 22.7 Å². The summed E-state index contributed by atoms with van der Waals surface area (Å²) < 4.78 is 40.1. The van der Waals surface area contributed by atoms with Gasteiger partial charge in [-0.2, -0.15) is 4.31 Å². The zero-order valence-corrected chi connectivity index (χ0v) is 28.5. The van der Waals surface area contributed by atoms with Crippen molar-refractivity contribution in [3.8, 4) is 5.75 Å². The molecule has 1 heterocycles. The first-order chi connectivity index (χ1) is 22.3. The molecule has 1 amide bonds. The van der Waals surface area contributed by atoms with Crippen LogP contribution in [0.3, 0.4) is 0 Å². The first-order valence-electron chi connectivity index (χ1n) is 14.7. The molecule has 0 bridgehead atoms. The van der Waals surface area contributed by atoms with Crippen LogP contribution in [-0.4, -0.2) is 75.1 Å². The Bertz CT molecular complexity index is 1700. The van der Waals surface area contributed by atoms with Crippen LogP contribution < -0.4 is 15.4 Å². The topological polar surface area (TPSA) is 100 Å². The molecule has 2 N–H and O–H groups in total. The largest absolute Gasteiger partial charge is 0.490 e. The van der Waals surface area contributed by atoms with Gasteiger partial charge in [0.15, 0.2) is 5.11 Å². The molecule has 4 aromatic carbocycles. The molecule has 1 aliphatic heterocycles. The molecule has 0 aromatic heterocycles. The smallest absolute Gasteiger partial charge is 0.261 e. The first kappa shape index (κ1) is 33.7. The number of piperazine rings is 1. The average molecular weight is 724 g/mol. The fourth-order valence-corrected chi connectivity index (χ4v) is 7.31. The van der Waals surface area contributed by atoms with Crippen LogP contribution in [0.1, 0.15) is 27.5 Å². The van der Waals surface area contributed by atoms with E-state index in [0.29, 0.717) is 54.3 Å². The molecule has 240 valence electrons. The van der Waals surface area contributed by atoms with Crippen molar-refractivity contribution in [1.82, 2.24) is 14.5 Å². The highest BCUT2D eigenvalue weighted by Gasteiger charge is 2.32. The molecule has 1 saturated heterocycles. The first-order valence-corrected chi connectivity index (χ1v) is 17.4. The van der Waals surface area contributed by atoms with Gasteiger partial charge >= 0.3 is 0 Å². The SMILES string of the molecule is COCCOc1ccc(Br)cc1C(=O)NC(=S)Nc1ccc(S(=O)(=O)N2CCN(C(c3ccccc3)c3ccccc3)CC2)cc1. The molecule has 0 saturated carbocycles. The van der Waals surface area contributed by atoms with Gasteiger partial charge in [0.25, 0.3) is 5.91 Å². The van der Waals surface area contributed by atoms with Gasteiger partial charge < -0.3 is 14.8 Å². The molecule has 0 radical (unpaired) electrons. The number of carbonyl (C=O) groups excluding carboxylic acids is 1. The lowest BCUT2D eigenvalue weighted by Gasteiger charge is -2.39. The highest BCUT2D eigenvalue weighted by atomic mass is 79.9. The molecule has 0 atom stereocenters. The Morgan fingerprint density at radius 2 is 1.48 bits per heavy atom. The summed E-state index contributed by atoms with van der Waals surface area (Å²) in [5.41, 5.74) is 3.19. The van der Waals surface area contributed by atoms with Gasteiger partial charge in [0, 0.05) is 43.4 Å². The van der Waals surface area contributed by atoms with Crippen molar-refractivity contribution < 1.29 is 22.7 Å². The molecule has 4 aromatic rings. The summed E-state index contributed by atoms with van der Waals surface area (Å²) in [5.74, 6) is -0.0575. The maximum absolute atomic E-state index is 13.6. The van der Waals surface area contributed by atoms with E-state index < -0.39 is 15.9 Å². The summed E-state index contributed by atoms with van der Waals surface area (Å²) >= 11 is 8.74. The number of methoxy groups -OCH3 is 1. The van der Waals surface area contributed by atoms with Gasteiger partial charge in [0.05, 0.1) is 23.1 Å². The molecule has 1 fully saturated rings. The fourth-order valence-electron chi connectivity index (χ4n) is 5.32. The minimum Gasteiger partial charge on any atom is -0.490 e. The highest BCUT2D eigenvalue weighted by molar-refractivity contribution is 9.10. The number of anilines is 1. The van der Waals surface area contributed by atoms with Gasteiger partial charge in [-0.3, -0.25) is 15.0 Å². The zero-order chi connectivity index (χ0) is 32.5. The molecule has 46 heavy (non-hydrogen) atoms. The van der Waals surface area contributed by atoms with E-state index in [2.05, 4.69) is 55.7 Å². The number of nitrogens with zero attached hydrogens (tertiary/aromatic N) is 2. The van der Waals surface area contributed by atoms with Crippen molar-refractivity contribution in [1.29, 1.82) is 0 Å². The molecule has 5 rings (SSSR count). The Labute approximate surface area is 283 Å². The van der Waals surface area contributed by atoms with Crippen molar-refractivity contribution in [3.05, 3.63) is 124 Å². The fraction of sp³-hybridized carbons (Fsp3) is 0.235. The van der Waals surface area contributed by atoms with E-state index in [9.17, 15) is 13.2 Å². The average Bonchev–Trinajstić information content (AvgIpc) is 3.07. The Morgan fingerprint density at radius 3 is 2.07 bits per heavy atom. The number of ether oxygens (including phenoxy) is 2. The number of amides is 1. The second-order valence-electron chi connectivity index (χ2n) is 10.6. The number of thiocarbonyl (C=S) groups is 1. The number of hydrogen-bond acceptors (Lipinski definition) is 7. The standard InChI is InChI=1S/C34H35BrN4O5S2/c1-43-22-23-44-31-17-12-27(35)24-30(31)33(40)37-34(45)36-28-13-15-29(16-14-28)46(41,42)39-20-18-38(19-21-39)32(25-8-4-2-5-9-25)26-10-6-3-7-11-26/h2-17,24,32H,18-23H2,1H3,(H2,36,37,40,45). The third-order valence-corrected chi connectivity index (χ3v) is 10.2. The number of hydrogen-bond donors (Lipinski definition) is 2. The lowest BCUT2D eigenvalue weighted by atomic mass is 9.96. The van der Waals surface area contributed by atoms with Crippen molar-refractivity contribution in [2.24, 2.45) is 0 Å². The number of halogens is 1. The predicted molar refractivity (Wildman–Crippen MR) is 187 cm³/mol. The van der Waals surface area contributed by atoms with Crippen LogP contribution in [0.4, 0.5) is 5.69 Å². The lowest BCUT2D eigenvalue weighted by Crippen LogP contribution is -2.49. The molecular formula is C34H35BrN4O5S2. The minimum absolute atomic E-state index is 0.0418.